The Hall–Kier alpha value is -2.54. The molecular weight excluding hydrogens is 419 g/mol. The summed E-state index contributed by atoms with van der Waals surface area (Å²) < 4.78 is 12.2. The van der Waals surface area contributed by atoms with E-state index < -0.39 is 0 Å². The molecule has 0 aliphatic heterocycles. The fourth-order valence-corrected chi connectivity index (χ4v) is 3.89. The highest BCUT2D eigenvalue weighted by atomic mass is 35.5. The van der Waals surface area contributed by atoms with E-state index in [-0.39, 0.29) is 18.3 Å². The van der Waals surface area contributed by atoms with Gasteiger partial charge in [0.15, 0.2) is 10.9 Å². The number of thiazole rings is 1. The molecule has 0 fully saturated rings. The fourth-order valence-electron chi connectivity index (χ4n) is 2.61. The number of carbonyl (C=O) groups excluding carboxylic acids is 1. The molecule has 0 radical (unpaired) electrons. The van der Waals surface area contributed by atoms with E-state index in [0.29, 0.717) is 26.7 Å². The SMILES string of the molecule is Cc1cccc2sc(NC(=O)c3ccc(COc4cc(Cl)ccc4Cl)o3)nc12. The summed E-state index contributed by atoms with van der Waals surface area (Å²) in [6.07, 6.45) is 0. The second-order valence-corrected chi connectivity index (χ2v) is 7.90. The van der Waals surface area contributed by atoms with Gasteiger partial charge in [0.1, 0.15) is 18.1 Å². The molecule has 0 atom stereocenters. The number of nitrogens with zero attached hydrogens (tertiary/aromatic N) is 1. The van der Waals surface area contributed by atoms with E-state index >= 15 is 0 Å². The lowest BCUT2D eigenvalue weighted by Crippen LogP contribution is -2.10. The van der Waals surface area contributed by atoms with Crippen LogP contribution in [0.4, 0.5) is 5.13 Å². The number of para-hydroxylation sites is 1. The third-order valence-electron chi connectivity index (χ3n) is 3.99. The van der Waals surface area contributed by atoms with E-state index in [4.69, 9.17) is 32.4 Å². The molecule has 0 saturated carbocycles. The maximum absolute atomic E-state index is 12.4. The van der Waals surface area contributed by atoms with Gasteiger partial charge in [0.2, 0.25) is 0 Å². The van der Waals surface area contributed by atoms with Crippen molar-refractivity contribution in [2.24, 2.45) is 0 Å². The maximum atomic E-state index is 12.4. The minimum absolute atomic E-state index is 0.119. The summed E-state index contributed by atoms with van der Waals surface area (Å²) in [5, 5.41) is 4.26. The number of aryl methyl sites for hydroxylation is 1. The summed E-state index contributed by atoms with van der Waals surface area (Å²) in [5.41, 5.74) is 1.95. The molecule has 4 rings (SSSR count). The molecule has 0 aliphatic carbocycles. The standard InChI is InChI=1S/C20H14Cl2N2O3S/c1-11-3-2-4-17-18(11)23-20(28-17)24-19(25)15-8-6-13(27-15)10-26-16-9-12(21)5-7-14(16)22/h2-9H,10H2,1H3,(H,23,24,25). The monoisotopic (exact) mass is 432 g/mol. The van der Waals surface area contributed by atoms with Crippen molar-refractivity contribution in [2.45, 2.75) is 13.5 Å². The van der Waals surface area contributed by atoms with Crippen LogP contribution >= 0.6 is 34.5 Å². The average molecular weight is 433 g/mol. The van der Waals surface area contributed by atoms with Crippen molar-refractivity contribution < 1.29 is 13.9 Å². The van der Waals surface area contributed by atoms with E-state index in [1.165, 1.54) is 11.3 Å². The first-order chi connectivity index (χ1) is 13.5. The number of aromatic nitrogens is 1. The summed E-state index contributed by atoms with van der Waals surface area (Å²) in [4.78, 5) is 16.9. The predicted molar refractivity (Wildman–Crippen MR) is 112 cm³/mol. The Labute approximate surface area is 174 Å². The Morgan fingerprint density at radius 1 is 1.21 bits per heavy atom. The van der Waals surface area contributed by atoms with E-state index in [2.05, 4.69) is 10.3 Å². The Bertz CT molecular complexity index is 1170. The van der Waals surface area contributed by atoms with Crippen LogP contribution < -0.4 is 10.1 Å². The van der Waals surface area contributed by atoms with Gasteiger partial charge in [-0.25, -0.2) is 4.98 Å². The van der Waals surface area contributed by atoms with Gasteiger partial charge in [-0.05, 0) is 42.8 Å². The molecule has 0 aliphatic rings. The largest absolute Gasteiger partial charge is 0.484 e. The zero-order chi connectivity index (χ0) is 19.7. The Morgan fingerprint density at radius 3 is 2.89 bits per heavy atom. The summed E-state index contributed by atoms with van der Waals surface area (Å²) in [6.45, 7) is 2.10. The van der Waals surface area contributed by atoms with E-state index in [9.17, 15) is 4.79 Å². The van der Waals surface area contributed by atoms with Crippen molar-refractivity contribution in [1.82, 2.24) is 4.98 Å². The third-order valence-corrected chi connectivity index (χ3v) is 5.47. The first kappa shape index (κ1) is 18.8. The molecule has 8 heteroatoms. The van der Waals surface area contributed by atoms with Gasteiger partial charge in [0, 0.05) is 11.1 Å². The Morgan fingerprint density at radius 2 is 2.07 bits per heavy atom. The number of hydrogen-bond acceptors (Lipinski definition) is 5. The van der Waals surface area contributed by atoms with Crippen molar-refractivity contribution in [2.75, 3.05) is 5.32 Å². The first-order valence-electron chi connectivity index (χ1n) is 8.33. The zero-order valence-corrected chi connectivity index (χ0v) is 17.0. The smallest absolute Gasteiger partial charge is 0.293 e. The topological polar surface area (TPSA) is 64.4 Å². The van der Waals surface area contributed by atoms with Crippen molar-refractivity contribution in [3.8, 4) is 5.75 Å². The molecule has 0 bridgehead atoms. The zero-order valence-electron chi connectivity index (χ0n) is 14.7. The minimum atomic E-state index is -0.372. The average Bonchev–Trinajstić information content (AvgIpc) is 3.30. The van der Waals surface area contributed by atoms with Crippen molar-refractivity contribution >= 4 is 55.8 Å². The number of ether oxygens (including phenoxy) is 1. The van der Waals surface area contributed by atoms with Crippen LogP contribution in [0.3, 0.4) is 0 Å². The molecule has 0 saturated heterocycles. The lowest BCUT2D eigenvalue weighted by molar-refractivity contribution is 0.0992. The van der Waals surface area contributed by atoms with Gasteiger partial charge in [0.05, 0.1) is 15.2 Å². The number of carbonyl (C=O) groups is 1. The van der Waals surface area contributed by atoms with E-state index in [1.807, 2.05) is 25.1 Å². The number of nitrogens with one attached hydrogen (secondary N) is 1. The molecule has 2 heterocycles. The van der Waals surface area contributed by atoms with Gasteiger partial charge < -0.3 is 9.15 Å². The van der Waals surface area contributed by atoms with Crippen LogP contribution in [0.25, 0.3) is 10.2 Å². The highest BCUT2D eigenvalue weighted by molar-refractivity contribution is 7.22. The first-order valence-corrected chi connectivity index (χ1v) is 9.91. The number of anilines is 1. The summed E-state index contributed by atoms with van der Waals surface area (Å²) in [5.74, 6) is 0.735. The molecule has 1 N–H and O–H groups in total. The van der Waals surface area contributed by atoms with Gasteiger partial charge in [-0.15, -0.1) is 0 Å². The highest BCUT2D eigenvalue weighted by Crippen LogP contribution is 2.29. The van der Waals surface area contributed by atoms with Crippen LogP contribution in [0.15, 0.2) is 52.9 Å². The molecule has 0 unspecified atom stereocenters. The van der Waals surface area contributed by atoms with E-state index in [1.54, 1.807) is 30.3 Å². The van der Waals surface area contributed by atoms with Crippen LogP contribution in [0.5, 0.6) is 5.75 Å². The van der Waals surface area contributed by atoms with Crippen LogP contribution in [0.2, 0.25) is 10.0 Å². The van der Waals surface area contributed by atoms with Gasteiger partial charge in [-0.1, -0.05) is 46.7 Å². The van der Waals surface area contributed by atoms with Crippen LogP contribution in [-0.2, 0) is 6.61 Å². The molecule has 142 valence electrons. The second-order valence-electron chi connectivity index (χ2n) is 6.02. The number of hydrogen-bond donors (Lipinski definition) is 1. The van der Waals surface area contributed by atoms with Crippen LogP contribution in [0, 0.1) is 6.92 Å². The highest BCUT2D eigenvalue weighted by Gasteiger charge is 2.15. The van der Waals surface area contributed by atoms with Gasteiger partial charge in [-0.3, -0.25) is 10.1 Å². The Kier molecular flexibility index (Phi) is 5.26. The number of amides is 1. The van der Waals surface area contributed by atoms with Crippen molar-refractivity contribution in [3.05, 3.63) is 75.7 Å². The van der Waals surface area contributed by atoms with Crippen LogP contribution in [0.1, 0.15) is 21.9 Å². The number of halogens is 2. The molecule has 4 aromatic rings. The summed E-state index contributed by atoms with van der Waals surface area (Å²) in [6, 6.07) is 14.1. The van der Waals surface area contributed by atoms with Crippen LogP contribution in [-0.4, -0.2) is 10.9 Å². The molecule has 2 aromatic carbocycles. The normalized spacial score (nSPS) is 11.0. The lowest BCUT2D eigenvalue weighted by Gasteiger charge is -2.06. The number of furan rings is 1. The van der Waals surface area contributed by atoms with Gasteiger partial charge in [0.25, 0.3) is 5.91 Å². The summed E-state index contributed by atoms with van der Waals surface area (Å²) in [7, 11) is 0. The quantitative estimate of drug-likeness (QED) is 0.399. The molecular formula is C20H14Cl2N2O3S. The predicted octanol–water partition coefficient (Wildman–Crippen LogP) is 6.34. The van der Waals surface area contributed by atoms with Crippen molar-refractivity contribution in [1.29, 1.82) is 0 Å². The third kappa shape index (κ3) is 3.99. The molecule has 1 amide bonds. The fraction of sp³-hybridized carbons (Fsp3) is 0.100. The van der Waals surface area contributed by atoms with Gasteiger partial charge in [-0.2, -0.15) is 0 Å². The number of benzene rings is 2. The van der Waals surface area contributed by atoms with Crippen molar-refractivity contribution in [3.63, 3.8) is 0 Å². The summed E-state index contributed by atoms with van der Waals surface area (Å²) >= 11 is 13.4. The number of fused-ring (bicyclic) bond motifs is 1. The van der Waals surface area contributed by atoms with Gasteiger partial charge >= 0.3 is 0 Å². The molecule has 5 nitrogen and oxygen atoms in total. The number of rotatable bonds is 5. The molecule has 2 aromatic heterocycles. The van der Waals surface area contributed by atoms with E-state index in [0.717, 1.165) is 15.8 Å². The molecule has 0 spiro atoms. The maximum Gasteiger partial charge on any atom is 0.293 e. The molecule has 28 heavy (non-hydrogen) atoms. The minimum Gasteiger partial charge on any atom is -0.484 e. The lowest BCUT2D eigenvalue weighted by atomic mass is 10.2. The second kappa shape index (κ2) is 7.83. The Balaban J connectivity index is 1.43.